The van der Waals surface area contributed by atoms with Crippen LogP contribution in [-0.4, -0.2) is 29.0 Å². The zero-order valence-corrected chi connectivity index (χ0v) is 21.4. The molecule has 0 spiro atoms. The fourth-order valence-electron chi connectivity index (χ4n) is 4.24. The zero-order chi connectivity index (χ0) is 26.1. The van der Waals surface area contributed by atoms with E-state index in [0.717, 1.165) is 39.9 Å². The zero-order valence-electron chi connectivity index (χ0n) is 19.7. The van der Waals surface area contributed by atoms with Gasteiger partial charge in [0.15, 0.2) is 10.9 Å². The molecule has 0 bridgehead atoms. The fourth-order valence-corrected chi connectivity index (χ4v) is 5.98. The number of amides is 3. The van der Waals surface area contributed by atoms with Gasteiger partial charge in [0.05, 0.1) is 10.2 Å². The number of anilines is 3. The highest BCUT2D eigenvalue weighted by Crippen LogP contribution is 2.42. The molecule has 0 fully saturated rings. The molecule has 2 N–H and O–H groups in total. The van der Waals surface area contributed by atoms with Gasteiger partial charge in [0.1, 0.15) is 16.6 Å². The Morgan fingerprint density at radius 1 is 1.05 bits per heavy atom. The highest BCUT2D eigenvalue weighted by Gasteiger charge is 2.25. The number of hydrogen-bond acceptors (Lipinski definition) is 7. The highest BCUT2D eigenvalue weighted by molar-refractivity contribution is 7.22. The van der Waals surface area contributed by atoms with Crippen LogP contribution in [0.1, 0.15) is 12.0 Å². The van der Waals surface area contributed by atoms with Crippen LogP contribution >= 0.6 is 22.7 Å². The predicted octanol–water partition coefficient (Wildman–Crippen LogP) is 6.82. The highest BCUT2D eigenvalue weighted by atomic mass is 32.1. The number of ether oxygens (including phenoxy) is 1. The van der Waals surface area contributed by atoms with Crippen molar-refractivity contribution in [2.75, 3.05) is 22.1 Å². The van der Waals surface area contributed by atoms with Gasteiger partial charge in [0.25, 0.3) is 0 Å². The van der Waals surface area contributed by atoms with Gasteiger partial charge in [0.2, 0.25) is 5.06 Å². The number of thiazole rings is 2. The van der Waals surface area contributed by atoms with Gasteiger partial charge >= 0.3 is 12.4 Å². The van der Waals surface area contributed by atoms with Crippen LogP contribution < -0.4 is 20.3 Å². The Kier molecular flexibility index (Phi) is 6.44. The monoisotopic (exact) mass is 544 g/mol. The van der Waals surface area contributed by atoms with Crippen molar-refractivity contribution in [3.63, 3.8) is 0 Å². The van der Waals surface area contributed by atoms with Gasteiger partial charge in [-0.3, -0.25) is 20.3 Å². The number of benzene rings is 3. The molecular weight excluding hydrogens is 525 g/mol. The molecule has 1 aliphatic heterocycles. The Morgan fingerprint density at radius 3 is 2.71 bits per heavy atom. The van der Waals surface area contributed by atoms with Crippen LogP contribution in [0.2, 0.25) is 0 Å². The van der Waals surface area contributed by atoms with E-state index in [1.54, 1.807) is 11.3 Å². The molecule has 6 rings (SSSR count). The molecule has 0 saturated heterocycles. The van der Waals surface area contributed by atoms with E-state index in [4.69, 9.17) is 4.74 Å². The molecule has 3 amide bonds. The van der Waals surface area contributed by atoms with Crippen molar-refractivity contribution in [1.82, 2.24) is 9.97 Å². The number of nitrogens with one attached hydrogen (secondary N) is 2. The van der Waals surface area contributed by atoms with E-state index in [0.29, 0.717) is 27.5 Å². The first-order valence-electron chi connectivity index (χ1n) is 11.7. The van der Waals surface area contributed by atoms with Crippen molar-refractivity contribution in [3.8, 4) is 21.4 Å². The van der Waals surface area contributed by atoms with E-state index < -0.39 is 0 Å². The molecule has 0 aliphatic carbocycles. The van der Waals surface area contributed by atoms with E-state index in [1.165, 1.54) is 46.9 Å². The van der Waals surface area contributed by atoms with Crippen molar-refractivity contribution in [2.24, 2.45) is 0 Å². The largest absolute Gasteiger partial charge is 0.443 e. The minimum atomic E-state index is -0.382. The number of nitrogens with zero attached hydrogens (tertiary/aromatic N) is 3. The quantitative estimate of drug-likeness (QED) is 0.229. The SMILES string of the molecule is O=[C]Nc1nc(-c2ccc3c(c2)N(C(=O)Nc2nc4ccccc4s2)CCC3)sc1Oc1ccc(F)cc1. The summed E-state index contributed by atoms with van der Waals surface area (Å²) in [5.74, 6) is 0.221. The maximum atomic E-state index is 13.3. The van der Waals surface area contributed by atoms with Gasteiger partial charge in [-0.05, 0) is 60.9 Å². The van der Waals surface area contributed by atoms with Crippen LogP contribution in [0.5, 0.6) is 10.8 Å². The summed E-state index contributed by atoms with van der Waals surface area (Å²) >= 11 is 2.65. The van der Waals surface area contributed by atoms with Gasteiger partial charge in [0, 0.05) is 17.8 Å². The topological polar surface area (TPSA) is 96.5 Å². The lowest BCUT2D eigenvalue weighted by Gasteiger charge is -2.29. The van der Waals surface area contributed by atoms with Crippen molar-refractivity contribution in [1.29, 1.82) is 0 Å². The molecule has 189 valence electrons. The van der Waals surface area contributed by atoms with E-state index in [-0.39, 0.29) is 17.7 Å². The van der Waals surface area contributed by atoms with Gasteiger partial charge in [-0.25, -0.2) is 19.2 Å². The summed E-state index contributed by atoms with van der Waals surface area (Å²) in [7, 11) is 0. The molecule has 0 saturated carbocycles. The first-order chi connectivity index (χ1) is 18.6. The van der Waals surface area contributed by atoms with Gasteiger partial charge in [-0.1, -0.05) is 46.9 Å². The summed E-state index contributed by atoms with van der Waals surface area (Å²) < 4.78 is 20.1. The Morgan fingerprint density at radius 2 is 1.89 bits per heavy atom. The van der Waals surface area contributed by atoms with Crippen molar-refractivity contribution >= 4 is 62.0 Å². The normalized spacial score (nSPS) is 12.7. The molecule has 38 heavy (non-hydrogen) atoms. The smallest absolute Gasteiger partial charge is 0.328 e. The lowest BCUT2D eigenvalue weighted by atomic mass is 10.00. The molecule has 0 unspecified atom stereocenters. The molecule has 11 heteroatoms. The summed E-state index contributed by atoms with van der Waals surface area (Å²) in [6, 6.07) is 18.9. The summed E-state index contributed by atoms with van der Waals surface area (Å²) in [5.41, 5.74) is 3.45. The van der Waals surface area contributed by atoms with E-state index >= 15 is 0 Å². The first kappa shape index (κ1) is 24.0. The van der Waals surface area contributed by atoms with E-state index in [1.807, 2.05) is 42.5 Å². The minimum Gasteiger partial charge on any atom is -0.443 e. The van der Waals surface area contributed by atoms with Crippen molar-refractivity contribution in [2.45, 2.75) is 12.8 Å². The average Bonchev–Trinajstić information content (AvgIpc) is 3.53. The molecule has 3 aromatic carbocycles. The number of rotatable bonds is 6. The number of carbonyl (C=O) groups excluding carboxylic acids is 2. The number of hydrogen-bond donors (Lipinski definition) is 2. The molecule has 0 atom stereocenters. The molecule has 2 aromatic heterocycles. The number of urea groups is 1. The Balaban J connectivity index is 1.29. The maximum absolute atomic E-state index is 13.3. The number of halogens is 1. The molecular formula is C27H19FN5O3S2. The second-order valence-corrected chi connectivity index (χ2v) is 10.4. The first-order valence-corrected chi connectivity index (χ1v) is 13.4. The number of carbonyl (C=O) groups is 1. The Labute approximate surface area is 224 Å². The Hall–Kier alpha value is -4.35. The number of para-hydroxylation sites is 1. The molecule has 1 radical (unpaired) electrons. The minimum absolute atomic E-state index is 0.201. The molecule has 8 nitrogen and oxygen atoms in total. The van der Waals surface area contributed by atoms with Crippen LogP contribution in [0.3, 0.4) is 0 Å². The third-order valence-corrected chi connectivity index (χ3v) is 7.93. The van der Waals surface area contributed by atoms with Crippen LogP contribution in [0, 0.1) is 5.82 Å². The second-order valence-electron chi connectivity index (χ2n) is 8.45. The van der Waals surface area contributed by atoms with Crippen LogP contribution in [0.15, 0.2) is 66.7 Å². The third kappa shape index (κ3) is 4.81. The Bertz CT molecular complexity index is 1620. The summed E-state index contributed by atoms with van der Waals surface area (Å²) in [5, 5.41) is 6.84. The van der Waals surface area contributed by atoms with E-state index in [9.17, 15) is 14.0 Å². The van der Waals surface area contributed by atoms with Gasteiger partial charge < -0.3 is 4.74 Å². The molecule has 3 heterocycles. The molecule has 5 aromatic rings. The maximum Gasteiger partial charge on any atom is 0.328 e. The fraction of sp³-hybridized carbons (Fsp3) is 0.111. The number of aromatic nitrogens is 2. The van der Waals surface area contributed by atoms with Crippen molar-refractivity contribution < 1.29 is 18.7 Å². The van der Waals surface area contributed by atoms with E-state index in [2.05, 4.69) is 20.6 Å². The molecule has 1 aliphatic rings. The summed E-state index contributed by atoms with van der Waals surface area (Å²) in [4.78, 5) is 35.1. The number of fused-ring (bicyclic) bond motifs is 2. The number of aryl methyl sites for hydroxylation is 1. The van der Waals surface area contributed by atoms with Crippen LogP contribution in [-0.2, 0) is 11.2 Å². The van der Waals surface area contributed by atoms with Gasteiger partial charge in [-0.2, -0.15) is 0 Å². The average molecular weight is 545 g/mol. The summed E-state index contributed by atoms with van der Waals surface area (Å²) in [6.07, 6.45) is 3.32. The summed E-state index contributed by atoms with van der Waals surface area (Å²) in [6.45, 7) is 0.566. The lowest BCUT2D eigenvalue weighted by molar-refractivity contribution is 0.256. The second kappa shape index (κ2) is 10.2. The van der Waals surface area contributed by atoms with Crippen LogP contribution in [0.25, 0.3) is 20.8 Å². The lowest BCUT2D eigenvalue weighted by Crippen LogP contribution is -2.38. The third-order valence-electron chi connectivity index (χ3n) is 5.99. The standard InChI is InChI=1S/C27H19FN5O3S2/c28-18-9-11-19(12-10-18)36-25-23(29-15-34)31-24(38-25)17-8-7-16-4-3-13-33(21(16)14-17)27(35)32-26-30-20-5-1-2-6-22(20)37-26/h1-2,5-12,14H,3-4,13H2,(H,29,34)(H,30,32,35). The predicted molar refractivity (Wildman–Crippen MR) is 148 cm³/mol. The van der Waals surface area contributed by atoms with Crippen molar-refractivity contribution in [3.05, 3.63) is 78.1 Å². The van der Waals surface area contributed by atoms with Gasteiger partial charge in [-0.15, -0.1) is 0 Å². The van der Waals surface area contributed by atoms with Crippen LogP contribution in [0.4, 0.5) is 25.8 Å².